The fourth-order valence-electron chi connectivity index (χ4n) is 1.67. The zero-order chi connectivity index (χ0) is 12.4. The van der Waals surface area contributed by atoms with Gasteiger partial charge in [-0.2, -0.15) is 0 Å². The molecule has 2 nitrogen and oxygen atoms in total. The van der Waals surface area contributed by atoms with Crippen molar-refractivity contribution < 1.29 is 9.50 Å². The largest absolute Gasteiger partial charge is 0.383 e. The van der Waals surface area contributed by atoms with Crippen LogP contribution in [0.2, 0.25) is 0 Å². The predicted molar refractivity (Wildman–Crippen MR) is 64.2 cm³/mol. The molecule has 1 aromatic carbocycles. The van der Waals surface area contributed by atoms with Gasteiger partial charge in [-0.25, -0.2) is 4.39 Å². The van der Waals surface area contributed by atoms with E-state index in [9.17, 15) is 9.50 Å². The topological polar surface area (TPSA) is 33.1 Å². The molecular weight excluding hydrogens is 217 g/mol. The number of pyridine rings is 1. The van der Waals surface area contributed by atoms with E-state index in [4.69, 9.17) is 0 Å². The Hall–Kier alpha value is -1.74. The highest BCUT2D eigenvalue weighted by molar-refractivity contribution is 5.32. The summed E-state index contributed by atoms with van der Waals surface area (Å²) < 4.78 is 13.7. The van der Waals surface area contributed by atoms with E-state index >= 15 is 0 Å². The van der Waals surface area contributed by atoms with E-state index in [-0.39, 0.29) is 5.56 Å². The Balaban J connectivity index is 2.36. The molecule has 2 aromatic rings. The van der Waals surface area contributed by atoms with Crippen molar-refractivity contribution in [1.29, 1.82) is 0 Å². The molecule has 17 heavy (non-hydrogen) atoms. The lowest BCUT2D eigenvalue weighted by Crippen LogP contribution is -2.03. The van der Waals surface area contributed by atoms with Crippen molar-refractivity contribution in [3.05, 3.63) is 64.7 Å². The standard InChI is InChI=1S/C14H14FNO/c1-9-3-6-12(13(15)7-9)14(17)11-5-4-10(2)16-8-11/h3-8,14,17H,1-2H3. The monoisotopic (exact) mass is 231 g/mol. The number of hydrogen-bond acceptors (Lipinski definition) is 2. The Labute approximate surface area is 99.8 Å². The van der Waals surface area contributed by atoms with Crippen molar-refractivity contribution in [3.8, 4) is 0 Å². The molecular formula is C14H14FNO. The SMILES string of the molecule is Cc1ccc(C(O)c2ccc(C)nc2)c(F)c1. The smallest absolute Gasteiger partial charge is 0.129 e. The minimum absolute atomic E-state index is 0.279. The average Bonchev–Trinajstić information content (AvgIpc) is 2.29. The summed E-state index contributed by atoms with van der Waals surface area (Å²) >= 11 is 0. The molecule has 1 heterocycles. The first-order valence-corrected chi connectivity index (χ1v) is 5.44. The van der Waals surface area contributed by atoms with Gasteiger partial charge in [-0.05, 0) is 31.5 Å². The van der Waals surface area contributed by atoms with E-state index in [0.717, 1.165) is 11.3 Å². The Morgan fingerprint density at radius 2 is 1.94 bits per heavy atom. The lowest BCUT2D eigenvalue weighted by Gasteiger charge is -2.12. The Kier molecular flexibility index (Phi) is 3.20. The lowest BCUT2D eigenvalue weighted by molar-refractivity contribution is 0.214. The fraction of sp³-hybridized carbons (Fsp3) is 0.214. The summed E-state index contributed by atoms with van der Waals surface area (Å²) in [4.78, 5) is 4.09. The Morgan fingerprint density at radius 1 is 1.18 bits per heavy atom. The van der Waals surface area contributed by atoms with Crippen molar-refractivity contribution in [3.63, 3.8) is 0 Å². The molecule has 88 valence electrons. The van der Waals surface area contributed by atoms with Gasteiger partial charge in [-0.15, -0.1) is 0 Å². The van der Waals surface area contributed by atoms with Crippen molar-refractivity contribution >= 4 is 0 Å². The lowest BCUT2D eigenvalue weighted by atomic mass is 10.0. The number of aromatic nitrogens is 1. The molecule has 1 unspecified atom stereocenters. The maximum Gasteiger partial charge on any atom is 0.129 e. The summed E-state index contributed by atoms with van der Waals surface area (Å²) in [5, 5.41) is 10.1. The third kappa shape index (κ3) is 2.50. The molecule has 0 aliphatic rings. The van der Waals surface area contributed by atoms with Crippen molar-refractivity contribution in [2.75, 3.05) is 0 Å². The molecule has 2 rings (SSSR count). The molecule has 0 fully saturated rings. The number of rotatable bonds is 2. The number of aliphatic hydroxyl groups is 1. The molecule has 1 aromatic heterocycles. The molecule has 0 amide bonds. The van der Waals surface area contributed by atoms with E-state index < -0.39 is 11.9 Å². The molecule has 1 atom stereocenters. The molecule has 0 bridgehead atoms. The second-order valence-corrected chi connectivity index (χ2v) is 4.16. The van der Waals surface area contributed by atoms with Gasteiger partial charge in [0.25, 0.3) is 0 Å². The normalized spacial score (nSPS) is 12.5. The maximum absolute atomic E-state index is 13.7. The quantitative estimate of drug-likeness (QED) is 0.862. The zero-order valence-corrected chi connectivity index (χ0v) is 9.81. The number of aryl methyl sites for hydroxylation is 2. The number of hydrogen-bond donors (Lipinski definition) is 1. The van der Waals surface area contributed by atoms with Crippen LogP contribution in [0.4, 0.5) is 4.39 Å². The van der Waals surface area contributed by atoms with Gasteiger partial charge in [-0.1, -0.05) is 18.2 Å². The molecule has 0 saturated heterocycles. The van der Waals surface area contributed by atoms with Crippen molar-refractivity contribution in [1.82, 2.24) is 4.98 Å². The van der Waals surface area contributed by atoms with E-state index in [1.807, 2.05) is 13.8 Å². The van der Waals surface area contributed by atoms with Crippen LogP contribution in [0.1, 0.15) is 28.5 Å². The zero-order valence-electron chi connectivity index (χ0n) is 9.81. The van der Waals surface area contributed by atoms with Gasteiger partial charge < -0.3 is 5.11 Å². The number of nitrogens with zero attached hydrogens (tertiary/aromatic N) is 1. The molecule has 0 saturated carbocycles. The van der Waals surface area contributed by atoms with Crippen LogP contribution in [0, 0.1) is 19.7 Å². The molecule has 0 aliphatic heterocycles. The first-order valence-electron chi connectivity index (χ1n) is 5.44. The van der Waals surface area contributed by atoms with Crippen LogP contribution >= 0.6 is 0 Å². The summed E-state index contributed by atoms with van der Waals surface area (Å²) in [5.41, 5.74) is 2.57. The molecule has 0 aliphatic carbocycles. The average molecular weight is 231 g/mol. The van der Waals surface area contributed by atoms with Gasteiger partial charge in [-0.3, -0.25) is 4.98 Å². The third-order valence-electron chi connectivity index (χ3n) is 2.70. The number of benzene rings is 1. The van der Waals surface area contributed by atoms with Crippen LogP contribution in [0.25, 0.3) is 0 Å². The molecule has 1 N–H and O–H groups in total. The summed E-state index contributed by atoms with van der Waals surface area (Å²) in [5.74, 6) is -0.391. The number of halogens is 1. The highest BCUT2D eigenvalue weighted by Gasteiger charge is 2.15. The maximum atomic E-state index is 13.7. The fourth-order valence-corrected chi connectivity index (χ4v) is 1.67. The van der Waals surface area contributed by atoms with Gasteiger partial charge in [0, 0.05) is 23.0 Å². The first kappa shape index (κ1) is 11.7. The Bertz CT molecular complexity index is 522. The highest BCUT2D eigenvalue weighted by atomic mass is 19.1. The van der Waals surface area contributed by atoms with Gasteiger partial charge in [0.2, 0.25) is 0 Å². The molecule has 0 spiro atoms. The van der Waals surface area contributed by atoms with E-state index in [2.05, 4.69) is 4.98 Å². The molecule has 3 heteroatoms. The van der Waals surface area contributed by atoms with Gasteiger partial charge >= 0.3 is 0 Å². The predicted octanol–water partition coefficient (Wildman–Crippen LogP) is 2.92. The summed E-state index contributed by atoms with van der Waals surface area (Å²) in [6, 6.07) is 8.36. The van der Waals surface area contributed by atoms with Crippen LogP contribution in [-0.4, -0.2) is 10.1 Å². The third-order valence-corrected chi connectivity index (χ3v) is 2.70. The number of aliphatic hydroxyl groups excluding tert-OH is 1. The van der Waals surface area contributed by atoms with Crippen LogP contribution in [0.3, 0.4) is 0 Å². The van der Waals surface area contributed by atoms with Gasteiger partial charge in [0.1, 0.15) is 11.9 Å². The minimum Gasteiger partial charge on any atom is -0.383 e. The van der Waals surface area contributed by atoms with Crippen LogP contribution in [-0.2, 0) is 0 Å². The van der Waals surface area contributed by atoms with Crippen LogP contribution < -0.4 is 0 Å². The summed E-state index contributed by atoms with van der Waals surface area (Å²) in [6.07, 6.45) is 0.600. The Morgan fingerprint density at radius 3 is 2.53 bits per heavy atom. The van der Waals surface area contributed by atoms with E-state index in [1.54, 1.807) is 30.5 Å². The van der Waals surface area contributed by atoms with Gasteiger partial charge in [0.05, 0.1) is 0 Å². The second-order valence-electron chi connectivity index (χ2n) is 4.16. The first-order chi connectivity index (χ1) is 8.08. The van der Waals surface area contributed by atoms with E-state index in [1.165, 1.54) is 6.07 Å². The second kappa shape index (κ2) is 4.63. The van der Waals surface area contributed by atoms with Crippen molar-refractivity contribution in [2.24, 2.45) is 0 Å². The minimum atomic E-state index is -0.969. The summed E-state index contributed by atoms with van der Waals surface area (Å²) in [6.45, 7) is 3.68. The van der Waals surface area contributed by atoms with Crippen LogP contribution in [0.5, 0.6) is 0 Å². The summed E-state index contributed by atoms with van der Waals surface area (Å²) in [7, 11) is 0. The molecule has 0 radical (unpaired) electrons. The van der Waals surface area contributed by atoms with Gasteiger partial charge in [0.15, 0.2) is 0 Å². The van der Waals surface area contributed by atoms with Crippen molar-refractivity contribution in [2.45, 2.75) is 20.0 Å². The highest BCUT2D eigenvalue weighted by Crippen LogP contribution is 2.24. The van der Waals surface area contributed by atoms with E-state index in [0.29, 0.717) is 5.56 Å². The van der Waals surface area contributed by atoms with Crippen LogP contribution in [0.15, 0.2) is 36.5 Å².